The van der Waals surface area contributed by atoms with Gasteiger partial charge in [-0.1, -0.05) is 13.8 Å². The number of hydrogen-bond donors (Lipinski definition) is 1. The molecule has 0 heterocycles. The first-order chi connectivity index (χ1) is 13.8. The summed E-state index contributed by atoms with van der Waals surface area (Å²) in [5.41, 5.74) is 1.00. The Morgan fingerprint density at radius 2 is 1.73 bits per heavy atom. The summed E-state index contributed by atoms with van der Waals surface area (Å²) in [6, 6.07) is 6.06. The molecule has 1 N–H and O–H groups in total. The van der Waals surface area contributed by atoms with Crippen LogP contribution in [0.5, 0.6) is 5.75 Å². The summed E-state index contributed by atoms with van der Waals surface area (Å²) >= 11 is 6.34. The Balaban J connectivity index is 2.16. The molecule has 0 unspecified atom stereocenters. The molecule has 7 nitrogen and oxygen atoms in total. The Labute approximate surface area is 215 Å². The third-order valence-corrected chi connectivity index (χ3v) is 10.1. The van der Waals surface area contributed by atoms with Crippen molar-refractivity contribution < 1.29 is 32.0 Å². The van der Waals surface area contributed by atoms with Gasteiger partial charge < -0.3 is 9.47 Å². The summed E-state index contributed by atoms with van der Waals surface area (Å²) < 4.78 is 45.7. The number of esters is 2. The Hall–Kier alpha value is -0.520. The second kappa shape index (κ2) is 10.4. The van der Waals surface area contributed by atoms with Gasteiger partial charge in [-0.05, 0) is 116 Å². The third kappa shape index (κ3) is 6.26. The third-order valence-electron chi connectivity index (χ3n) is 4.01. The smallest absolute Gasteiger partial charge is 0.349 e. The van der Waals surface area contributed by atoms with Gasteiger partial charge in [0.25, 0.3) is 10.1 Å². The minimum absolute atomic E-state index is 0.130. The summed E-state index contributed by atoms with van der Waals surface area (Å²) in [6.45, 7) is 4.44. The summed E-state index contributed by atoms with van der Waals surface area (Å²) in [7, 11) is -4.42. The van der Waals surface area contributed by atoms with Gasteiger partial charge in [-0.15, -0.1) is 0 Å². The van der Waals surface area contributed by atoms with E-state index in [1.54, 1.807) is 32.9 Å². The average Bonchev–Trinajstić information content (AvgIpc) is 2.64. The molecule has 2 aromatic rings. The highest BCUT2D eigenvalue weighted by Crippen LogP contribution is 2.31. The highest BCUT2D eigenvalue weighted by molar-refractivity contribution is 14.1. The monoisotopic (exact) mass is 770 g/mol. The topological polar surface area (TPSA) is 107 Å². The van der Waals surface area contributed by atoms with Crippen LogP contribution in [0.1, 0.15) is 41.3 Å². The van der Waals surface area contributed by atoms with Gasteiger partial charge >= 0.3 is 11.9 Å². The van der Waals surface area contributed by atoms with Crippen LogP contribution in [0.2, 0.25) is 0 Å². The van der Waals surface area contributed by atoms with Gasteiger partial charge in [-0.2, -0.15) is 8.42 Å². The maximum absolute atomic E-state index is 12.3. The number of aryl methyl sites for hydroxylation is 1. The first-order valence-corrected chi connectivity index (χ1v) is 13.1. The van der Waals surface area contributed by atoms with Gasteiger partial charge in [0.1, 0.15) is 5.75 Å². The molecule has 0 saturated heterocycles. The van der Waals surface area contributed by atoms with E-state index in [0.29, 0.717) is 16.7 Å². The fourth-order valence-electron chi connectivity index (χ4n) is 2.50. The van der Waals surface area contributed by atoms with Crippen molar-refractivity contribution in [3.8, 4) is 5.75 Å². The molecule has 0 radical (unpaired) electrons. The molecule has 30 heavy (non-hydrogen) atoms. The fraction of sp³-hybridized carbons (Fsp3) is 0.263. The molecule has 0 saturated carbocycles. The van der Waals surface area contributed by atoms with Crippen molar-refractivity contribution in [2.24, 2.45) is 0 Å². The second-order valence-corrected chi connectivity index (χ2v) is 11.3. The summed E-state index contributed by atoms with van der Waals surface area (Å²) in [4.78, 5) is 24.3. The summed E-state index contributed by atoms with van der Waals surface area (Å²) in [6.07, 6.45) is 0. The van der Waals surface area contributed by atoms with Gasteiger partial charge in [-0.3, -0.25) is 4.55 Å². The van der Waals surface area contributed by atoms with E-state index in [4.69, 9.17) is 9.47 Å². The van der Waals surface area contributed by atoms with E-state index in [9.17, 15) is 22.6 Å². The quantitative estimate of drug-likeness (QED) is 0.146. The molecule has 11 heteroatoms. The molecular weight excluding hydrogens is 753 g/mol. The van der Waals surface area contributed by atoms with Gasteiger partial charge in [0, 0.05) is 10.7 Å². The van der Waals surface area contributed by atoms with E-state index in [-0.39, 0.29) is 16.6 Å². The molecule has 2 aromatic carbocycles. The first kappa shape index (κ1) is 25.7. The molecule has 0 amide bonds. The molecule has 0 atom stereocenters. The van der Waals surface area contributed by atoms with Crippen LogP contribution in [0.4, 0.5) is 0 Å². The number of halogens is 3. The zero-order chi connectivity index (χ0) is 22.8. The predicted octanol–water partition coefficient (Wildman–Crippen LogP) is 4.94. The zero-order valence-corrected chi connectivity index (χ0v) is 23.3. The highest BCUT2D eigenvalue weighted by Gasteiger charge is 2.22. The van der Waals surface area contributed by atoms with Crippen LogP contribution < -0.4 is 4.74 Å². The van der Waals surface area contributed by atoms with Crippen LogP contribution in [0, 0.1) is 17.6 Å². The van der Waals surface area contributed by atoms with Crippen molar-refractivity contribution in [1.82, 2.24) is 0 Å². The molecule has 0 aliphatic heterocycles. The zero-order valence-electron chi connectivity index (χ0n) is 16.0. The van der Waals surface area contributed by atoms with Crippen LogP contribution >= 0.6 is 67.8 Å². The maximum Gasteiger partial charge on any atom is 0.349 e. The van der Waals surface area contributed by atoms with Gasteiger partial charge in [-0.25, -0.2) is 9.59 Å². The number of ether oxygens (including phenoxy) is 2. The Morgan fingerprint density at radius 3 is 2.30 bits per heavy atom. The lowest BCUT2D eigenvalue weighted by molar-refractivity contribution is -0.137. The molecule has 0 aliphatic rings. The number of carbonyl (C=O) groups excluding carboxylic acids is 2. The normalized spacial score (nSPS) is 11.5. The van der Waals surface area contributed by atoms with E-state index in [1.807, 2.05) is 22.6 Å². The predicted molar refractivity (Wildman–Crippen MR) is 136 cm³/mol. The SMILES string of the molecule is Cc1cc(S(=O)(=O)O)c(C(C)C)cc1OC(=O)COC(=O)c1ccc(I)c(I)c1I. The highest BCUT2D eigenvalue weighted by atomic mass is 127. The minimum atomic E-state index is -4.42. The van der Waals surface area contributed by atoms with E-state index >= 15 is 0 Å². The van der Waals surface area contributed by atoms with Crippen LogP contribution in [0.25, 0.3) is 0 Å². The van der Waals surface area contributed by atoms with Gasteiger partial charge in [0.05, 0.1) is 10.5 Å². The number of carbonyl (C=O) groups is 2. The van der Waals surface area contributed by atoms with Crippen LogP contribution in [0.15, 0.2) is 29.2 Å². The summed E-state index contributed by atoms with van der Waals surface area (Å²) in [5, 5.41) is 0. The van der Waals surface area contributed by atoms with Crippen molar-refractivity contribution >= 4 is 89.8 Å². The molecule has 0 fully saturated rings. The van der Waals surface area contributed by atoms with E-state index < -0.39 is 28.7 Å². The van der Waals surface area contributed by atoms with Crippen molar-refractivity contribution in [2.75, 3.05) is 6.61 Å². The molecule has 0 bridgehead atoms. The van der Waals surface area contributed by atoms with Crippen molar-refractivity contribution in [1.29, 1.82) is 0 Å². The van der Waals surface area contributed by atoms with E-state index in [2.05, 4.69) is 45.2 Å². The van der Waals surface area contributed by atoms with E-state index in [0.717, 1.165) is 10.7 Å². The lowest BCUT2D eigenvalue weighted by atomic mass is 10.0. The van der Waals surface area contributed by atoms with Crippen molar-refractivity contribution in [3.63, 3.8) is 0 Å². The van der Waals surface area contributed by atoms with Crippen molar-refractivity contribution in [3.05, 3.63) is 51.7 Å². The average molecular weight is 770 g/mol. The van der Waals surface area contributed by atoms with Crippen LogP contribution in [0.3, 0.4) is 0 Å². The number of hydrogen-bond acceptors (Lipinski definition) is 6. The van der Waals surface area contributed by atoms with Crippen molar-refractivity contribution in [2.45, 2.75) is 31.6 Å². The fourth-order valence-corrected chi connectivity index (χ4v) is 5.54. The lowest BCUT2D eigenvalue weighted by Crippen LogP contribution is -2.20. The molecule has 2 rings (SSSR count). The molecular formula is C19H17I3O7S. The number of rotatable bonds is 6. The summed E-state index contributed by atoms with van der Waals surface area (Å²) in [5.74, 6) is -1.57. The van der Waals surface area contributed by atoms with E-state index in [1.165, 1.54) is 12.1 Å². The molecule has 0 aliphatic carbocycles. The minimum Gasteiger partial charge on any atom is -0.450 e. The Kier molecular flexibility index (Phi) is 8.92. The second-order valence-electron chi connectivity index (χ2n) is 6.56. The maximum atomic E-state index is 12.3. The van der Waals surface area contributed by atoms with Gasteiger partial charge in [0.2, 0.25) is 0 Å². The lowest BCUT2D eigenvalue weighted by Gasteiger charge is -2.15. The largest absolute Gasteiger partial charge is 0.450 e. The number of benzene rings is 2. The van der Waals surface area contributed by atoms with Crippen LogP contribution in [-0.4, -0.2) is 31.5 Å². The molecule has 162 valence electrons. The molecule has 0 spiro atoms. The standard InChI is InChI=1S/C19H17I3O7S/c1-9(2)12-7-14(10(3)6-15(12)30(25,26)27)29-16(23)8-28-19(24)11-4-5-13(20)18(22)17(11)21/h4-7,9H,8H2,1-3H3,(H,25,26,27). The van der Waals surface area contributed by atoms with Gasteiger partial charge in [0.15, 0.2) is 6.61 Å². The Morgan fingerprint density at radius 1 is 1.10 bits per heavy atom. The van der Waals surface area contributed by atoms with Crippen LogP contribution in [-0.2, 0) is 19.6 Å². The Bertz CT molecular complexity index is 1110. The first-order valence-electron chi connectivity index (χ1n) is 8.46. The molecule has 0 aromatic heterocycles.